The lowest BCUT2D eigenvalue weighted by Gasteiger charge is -2.16. The first-order valence-corrected chi connectivity index (χ1v) is 17.8. The zero-order chi connectivity index (χ0) is 33.3. The van der Waals surface area contributed by atoms with Crippen LogP contribution in [0.1, 0.15) is 11.1 Å². The minimum absolute atomic E-state index is 0.0428. The van der Waals surface area contributed by atoms with E-state index in [1.54, 1.807) is 74.9 Å². The summed E-state index contributed by atoms with van der Waals surface area (Å²) in [4.78, 5) is 30.2. The van der Waals surface area contributed by atoms with Gasteiger partial charge in [-0.2, -0.15) is 0 Å². The molecule has 2 aliphatic heterocycles. The number of carbonyl (C=O) groups is 2. The van der Waals surface area contributed by atoms with E-state index in [0.717, 1.165) is 11.1 Å². The van der Waals surface area contributed by atoms with Crippen LogP contribution in [0.3, 0.4) is 0 Å². The van der Waals surface area contributed by atoms with Gasteiger partial charge in [0.15, 0.2) is 8.64 Å². The molecule has 8 nitrogen and oxygen atoms in total. The van der Waals surface area contributed by atoms with Crippen molar-refractivity contribution in [2.75, 3.05) is 24.0 Å². The number of benzene rings is 4. The molecule has 0 N–H and O–H groups in total. The molecule has 4 aromatic carbocycles. The van der Waals surface area contributed by atoms with Gasteiger partial charge in [0.25, 0.3) is 11.8 Å². The van der Waals surface area contributed by atoms with E-state index in [4.69, 9.17) is 33.9 Å². The molecule has 6 rings (SSSR count). The second-order valence-corrected chi connectivity index (χ2v) is 15.4. The van der Waals surface area contributed by atoms with Crippen molar-refractivity contribution in [1.29, 1.82) is 0 Å². The van der Waals surface area contributed by atoms with Gasteiger partial charge >= 0.3 is 0 Å². The van der Waals surface area contributed by atoms with Crippen LogP contribution in [0.25, 0.3) is 12.2 Å². The van der Waals surface area contributed by atoms with Gasteiger partial charge in [-0.3, -0.25) is 19.4 Å². The number of hydrogen-bond donors (Lipinski definition) is 0. The van der Waals surface area contributed by atoms with Crippen LogP contribution in [0.2, 0.25) is 0 Å². The lowest BCUT2D eigenvalue weighted by Crippen LogP contribution is -2.27. The van der Waals surface area contributed by atoms with Gasteiger partial charge in [0.05, 0.1) is 45.2 Å². The van der Waals surface area contributed by atoms with E-state index in [1.165, 1.54) is 57.6 Å². The van der Waals surface area contributed by atoms with Crippen LogP contribution in [0.5, 0.6) is 11.5 Å². The fraction of sp³-hybridized carbons (Fsp3) is 0.0588. The monoisotopic (exact) mass is 716 g/mol. The number of amides is 2. The number of thioether (sulfide) groups is 2. The molecule has 2 saturated heterocycles. The fourth-order valence-electron chi connectivity index (χ4n) is 4.77. The smallest absolute Gasteiger partial charge is 0.270 e. The number of rotatable bonds is 8. The Kier molecular flexibility index (Phi) is 9.35. The molecule has 2 aliphatic rings. The SMILES string of the molecule is COc1ccc(/C=C2\SC(=S)N(c3ccc(S(=O)(=O)c4ccc(N5C(=O)/C(=C/c6ccc(OC)cc6)SC5=S)cc4)cc3)C2=O)cc1. The Morgan fingerprint density at radius 3 is 1.23 bits per heavy atom. The van der Waals surface area contributed by atoms with Crippen molar-refractivity contribution in [1.82, 2.24) is 0 Å². The summed E-state index contributed by atoms with van der Waals surface area (Å²) in [6.07, 6.45) is 3.50. The number of anilines is 2. The van der Waals surface area contributed by atoms with Crippen LogP contribution in [0.4, 0.5) is 11.4 Å². The Morgan fingerprint density at radius 2 is 0.915 bits per heavy atom. The first-order chi connectivity index (χ1) is 22.6. The lowest BCUT2D eigenvalue weighted by molar-refractivity contribution is -0.114. The number of sulfone groups is 1. The summed E-state index contributed by atoms with van der Waals surface area (Å²) in [6, 6.07) is 26.5. The highest BCUT2D eigenvalue weighted by Gasteiger charge is 2.35. The molecule has 0 saturated carbocycles. The van der Waals surface area contributed by atoms with E-state index in [0.29, 0.717) is 41.3 Å². The average molecular weight is 717 g/mol. The maximum Gasteiger partial charge on any atom is 0.270 e. The van der Waals surface area contributed by atoms with Crippen molar-refractivity contribution < 1.29 is 27.5 Å². The molecule has 4 aromatic rings. The van der Waals surface area contributed by atoms with Crippen molar-refractivity contribution in [3.05, 3.63) is 118 Å². The molecule has 0 unspecified atom stereocenters. The number of ether oxygens (including phenoxy) is 2. The molecular formula is C34H24N2O6S5. The zero-order valence-electron chi connectivity index (χ0n) is 24.8. The van der Waals surface area contributed by atoms with E-state index in [-0.39, 0.29) is 21.6 Å². The van der Waals surface area contributed by atoms with Crippen LogP contribution in [-0.4, -0.2) is 43.1 Å². The van der Waals surface area contributed by atoms with E-state index in [2.05, 4.69) is 0 Å². The van der Waals surface area contributed by atoms with Crippen LogP contribution >= 0.6 is 48.0 Å². The minimum Gasteiger partial charge on any atom is -0.497 e. The Morgan fingerprint density at radius 1 is 0.574 bits per heavy atom. The summed E-state index contributed by atoms with van der Waals surface area (Å²) in [6.45, 7) is 0. The molecule has 0 bridgehead atoms. The molecular weight excluding hydrogens is 693 g/mol. The largest absolute Gasteiger partial charge is 0.497 e. The predicted octanol–water partition coefficient (Wildman–Crippen LogP) is 7.35. The van der Waals surface area contributed by atoms with Gasteiger partial charge in [-0.15, -0.1) is 0 Å². The first-order valence-electron chi connectivity index (χ1n) is 13.9. The van der Waals surface area contributed by atoms with Gasteiger partial charge in [-0.25, -0.2) is 8.42 Å². The Hall–Kier alpha value is -4.27. The minimum atomic E-state index is -3.91. The van der Waals surface area contributed by atoms with E-state index < -0.39 is 9.84 Å². The average Bonchev–Trinajstić information content (AvgIpc) is 3.53. The highest BCUT2D eigenvalue weighted by Crippen LogP contribution is 2.38. The molecule has 236 valence electrons. The number of carbonyl (C=O) groups excluding carboxylic acids is 2. The molecule has 13 heteroatoms. The molecule has 2 fully saturated rings. The van der Waals surface area contributed by atoms with Gasteiger partial charge in [0, 0.05) is 0 Å². The topological polar surface area (TPSA) is 93.2 Å². The molecule has 0 radical (unpaired) electrons. The molecule has 0 aromatic heterocycles. The number of nitrogens with zero attached hydrogens (tertiary/aromatic N) is 2. The molecule has 47 heavy (non-hydrogen) atoms. The van der Waals surface area contributed by atoms with Crippen molar-refractivity contribution >= 4 is 102 Å². The van der Waals surface area contributed by atoms with Gasteiger partial charge < -0.3 is 9.47 Å². The number of methoxy groups -OCH3 is 2. The number of thiocarbonyl (C=S) groups is 2. The van der Waals surface area contributed by atoms with Gasteiger partial charge in [-0.1, -0.05) is 72.2 Å². The maximum absolute atomic E-state index is 13.5. The lowest BCUT2D eigenvalue weighted by atomic mass is 10.2. The number of hydrogen-bond acceptors (Lipinski definition) is 10. The van der Waals surface area contributed by atoms with Crippen molar-refractivity contribution in [3.63, 3.8) is 0 Å². The molecule has 0 aliphatic carbocycles. The zero-order valence-corrected chi connectivity index (χ0v) is 28.9. The van der Waals surface area contributed by atoms with Crippen LogP contribution in [0.15, 0.2) is 117 Å². The second-order valence-electron chi connectivity index (χ2n) is 10.1. The van der Waals surface area contributed by atoms with Crippen LogP contribution in [-0.2, 0) is 19.4 Å². The van der Waals surface area contributed by atoms with Crippen LogP contribution < -0.4 is 19.3 Å². The molecule has 0 spiro atoms. The summed E-state index contributed by atoms with van der Waals surface area (Å²) in [5.74, 6) is 0.824. The van der Waals surface area contributed by atoms with Gasteiger partial charge in [0.2, 0.25) is 9.84 Å². The van der Waals surface area contributed by atoms with Gasteiger partial charge in [-0.05, 0) is 96.1 Å². The van der Waals surface area contributed by atoms with Gasteiger partial charge in [0.1, 0.15) is 11.5 Å². The van der Waals surface area contributed by atoms with Crippen molar-refractivity contribution in [3.8, 4) is 11.5 Å². The fourth-order valence-corrected chi connectivity index (χ4v) is 8.63. The van der Waals surface area contributed by atoms with Crippen molar-refractivity contribution in [2.45, 2.75) is 9.79 Å². The summed E-state index contributed by atoms with van der Waals surface area (Å²) < 4.78 is 38.1. The summed E-state index contributed by atoms with van der Waals surface area (Å²) in [7, 11) is -0.749. The van der Waals surface area contributed by atoms with Crippen molar-refractivity contribution in [2.24, 2.45) is 0 Å². The van der Waals surface area contributed by atoms with E-state index in [1.807, 2.05) is 24.3 Å². The second kappa shape index (κ2) is 13.5. The summed E-state index contributed by atoms with van der Waals surface area (Å²) in [5, 5.41) is 0. The highest BCUT2D eigenvalue weighted by molar-refractivity contribution is 8.27. The standard InChI is InChI=1S/C34H24N2O6S5/c1-41-25-11-3-21(4-12-25)19-29-31(37)35(33(43)45-29)23-7-15-27(16-8-23)47(39,40)28-17-9-24(10-18-28)36-32(38)30(46-34(36)44)20-22-5-13-26(42-2)14-6-22/h3-20H,1-2H3/b29-19-,30-20-. The molecule has 2 amide bonds. The Balaban J connectivity index is 1.17. The van der Waals surface area contributed by atoms with E-state index in [9.17, 15) is 18.0 Å². The Bertz CT molecular complexity index is 1930. The normalized spacial score (nSPS) is 16.9. The highest BCUT2D eigenvalue weighted by atomic mass is 32.2. The quantitative estimate of drug-likeness (QED) is 0.136. The third kappa shape index (κ3) is 6.62. The summed E-state index contributed by atoms with van der Waals surface area (Å²) >= 11 is 13.3. The molecule has 0 atom stereocenters. The predicted molar refractivity (Wildman–Crippen MR) is 196 cm³/mol. The maximum atomic E-state index is 13.5. The Labute approximate surface area is 291 Å². The van der Waals surface area contributed by atoms with E-state index >= 15 is 0 Å². The summed E-state index contributed by atoms with van der Waals surface area (Å²) in [5.41, 5.74) is 2.55. The first kappa shape index (κ1) is 32.7. The third-order valence-corrected chi connectivity index (χ3v) is 11.6. The molecule has 2 heterocycles. The van der Waals surface area contributed by atoms with Crippen LogP contribution in [0, 0.1) is 0 Å². The third-order valence-electron chi connectivity index (χ3n) is 7.23.